The van der Waals surface area contributed by atoms with E-state index in [1.807, 2.05) is 30.3 Å². The van der Waals surface area contributed by atoms with Crippen LogP contribution in [0.4, 0.5) is 5.13 Å². The van der Waals surface area contributed by atoms with Crippen molar-refractivity contribution < 1.29 is 14.7 Å². The molecule has 1 amide bonds. The van der Waals surface area contributed by atoms with Crippen LogP contribution in [0.3, 0.4) is 0 Å². The first kappa shape index (κ1) is 22.5. The molecule has 0 spiro atoms. The summed E-state index contributed by atoms with van der Waals surface area (Å²) in [5.41, 5.74) is 3.72. The van der Waals surface area contributed by atoms with Crippen molar-refractivity contribution in [2.24, 2.45) is 0 Å². The Kier molecular flexibility index (Phi) is 7.07. The number of carbonyl (C=O) groups is 2. The molecule has 3 rings (SSSR count). The van der Waals surface area contributed by atoms with E-state index in [-0.39, 0.29) is 5.41 Å². The normalized spacial score (nSPS) is 11.2. The van der Waals surface area contributed by atoms with E-state index in [0.717, 1.165) is 22.9 Å². The number of carboxylic acids is 1. The molecule has 0 aliphatic rings. The lowest BCUT2D eigenvalue weighted by molar-refractivity contribution is -0.135. The van der Waals surface area contributed by atoms with Crippen molar-refractivity contribution in [3.8, 4) is 0 Å². The van der Waals surface area contributed by atoms with Crippen LogP contribution in [-0.2, 0) is 23.3 Å². The van der Waals surface area contributed by atoms with Crippen LogP contribution in [0.15, 0.2) is 60.0 Å². The van der Waals surface area contributed by atoms with Gasteiger partial charge in [0.15, 0.2) is 5.13 Å². The molecule has 0 fully saturated rings. The first-order valence-electron chi connectivity index (χ1n) is 10.1. The van der Waals surface area contributed by atoms with Gasteiger partial charge in [0.25, 0.3) is 5.91 Å². The zero-order valence-corrected chi connectivity index (χ0v) is 18.8. The highest BCUT2D eigenvalue weighted by Gasteiger charge is 2.20. The van der Waals surface area contributed by atoms with E-state index >= 15 is 0 Å². The van der Waals surface area contributed by atoms with Crippen molar-refractivity contribution in [1.29, 1.82) is 0 Å². The Morgan fingerprint density at radius 1 is 1.00 bits per heavy atom. The van der Waals surface area contributed by atoms with Crippen LogP contribution in [0.5, 0.6) is 0 Å². The van der Waals surface area contributed by atoms with Crippen LogP contribution < -0.4 is 10.2 Å². The van der Waals surface area contributed by atoms with Gasteiger partial charge in [-0.15, -0.1) is 11.3 Å². The van der Waals surface area contributed by atoms with E-state index in [1.165, 1.54) is 5.56 Å². The topological polar surface area (TPSA) is 82.5 Å². The molecule has 0 aliphatic heterocycles. The Bertz CT molecular complexity index is 1020. The molecule has 0 bridgehead atoms. The minimum atomic E-state index is -1.07. The van der Waals surface area contributed by atoms with E-state index in [4.69, 9.17) is 10.1 Å². The van der Waals surface area contributed by atoms with Gasteiger partial charge < -0.3 is 15.3 Å². The Hall–Kier alpha value is -3.19. The SMILES string of the molecule is CC(C)(C)c1csc(N(Cc2ccccc2)Cc2ccc(C(=O)NCC(=O)O)cc2)n1. The number of aliphatic carboxylic acids is 1. The number of nitrogens with zero attached hydrogens (tertiary/aromatic N) is 2. The Balaban J connectivity index is 1.79. The molecule has 7 heteroatoms. The van der Waals surface area contributed by atoms with Crippen LogP contribution >= 0.6 is 11.3 Å². The molecule has 0 radical (unpaired) electrons. The molecule has 6 nitrogen and oxygen atoms in total. The van der Waals surface area contributed by atoms with Crippen molar-refractivity contribution in [1.82, 2.24) is 10.3 Å². The van der Waals surface area contributed by atoms with Crippen LogP contribution in [0.25, 0.3) is 0 Å². The van der Waals surface area contributed by atoms with Gasteiger partial charge in [-0.05, 0) is 23.3 Å². The second kappa shape index (κ2) is 9.75. The van der Waals surface area contributed by atoms with E-state index in [2.05, 4.69) is 48.5 Å². The third-order valence-corrected chi connectivity index (χ3v) is 5.64. The summed E-state index contributed by atoms with van der Waals surface area (Å²) in [6, 6.07) is 17.5. The molecule has 2 aromatic carbocycles. The highest BCUT2D eigenvalue weighted by Crippen LogP contribution is 2.30. The number of anilines is 1. The Morgan fingerprint density at radius 2 is 1.61 bits per heavy atom. The lowest BCUT2D eigenvalue weighted by atomic mass is 9.93. The fourth-order valence-electron chi connectivity index (χ4n) is 2.99. The van der Waals surface area contributed by atoms with E-state index in [1.54, 1.807) is 23.5 Å². The van der Waals surface area contributed by atoms with Gasteiger partial charge in [-0.1, -0.05) is 63.2 Å². The number of aromatic nitrogens is 1. The summed E-state index contributed by atoms with van der Waals surface area (Å²) in [5.74, 6) is -1.47. The number of hydrogen-bond donors (Lipinski definition) is 2. The maximum Gasteiger partial charge on any atom is 0.322 e. The average Bonchev–Trinajstić information content (AvgIpc) is 3.24. The molecule has 1 aromatic heterocycles. The van der Waals surface area contributed by atoms with Gasteiger partial charge in [-0.25, -0.2) is 4.98 Å². The summed E-state index contributed by atoms with van der Waals surface area (Å²) in [6.07, 6.45) is 0. The first-order valence-corrected chi connectivity index (χ1v) is 10.9. The number of carboxylic acid groups (broad SMARTS) is 1. The van der Waals surface area contributed by atoms with Gasteiger partial charge in [0.05, 0.1) is 5.69 Å². The van der Waals surface area contributed by atoms with Crippen LogP contribution in [-0.4, -0.2) is 28.5 Å². The maximum absolute atomic E-state index is 12.0. The van der Waals surface area contributed by atoms with Crippen molar-refractivity contribution in [2.75, 3.05) is 11.4 Å². The van der Waals surface area contributed by atoms with Crippen molar-refractivity contribution in [3.05, 3.63) is 82.4 Å². The van der Waals surface area contributed by atoms with E-state index < -0.39 is 18.4 Å². The zero-order valence-electron chi connectivity index (χ0n) is 18.0. The third kappa shape index (κ3) is 6.39. The summed E-state index contributed by atoms with van der Waals surface area (Å²) >= 11 is 1.64. The van der Waals surface area contributed by atoms with Crippen molar-refractivity contribution in [3.63, 3.8) is 0 Å². The summed E-state index contributed by atoms with van der Waals surface area (Å²) in [6.45, 7) is 7.43. The van der Waals surface area contributed by atoms with E-state index in [9.17, 15) is 9.59 Å². The number of thiazole rings is 1. The molecule has 1 heterocycles. The number of benzene rings is 2. The summed E-state index contributed by atoms with van der Waals surface area (Å²) in [7, 11) is 0. The molecule has 0 atom stereocenters. The predicted molar refractivity (Wildman–Crippen MR) is 124 cm³/mol. The summed E-state index contributed by atoms with van der Waals surface area (Å²) < 4.78 is 0. The number of carbonyl (C=O) groups excluding carboxylic acids is 1. The molecular formula is C24H27N3O3S. The second-order valence-electron chi connectivity index (χ2n) is 8.38. The minimum absolute atomic E-state index is 0.0157. The smallest absolute Gasteiger partial charge is 0.322 e. The quantitative estimate of drug-likeness (QED) is 0.544. The molecule has 2 N–H and O–H groups in total. The van der Waals surface area contributed by atoms with Gasteiger partial charge >= 0.3 is 5.97 Å². The van der Waals surface area contributed by atoms with Gasteiger partial charge in [0, 0.05) is 29.4 Å². The molecule has 0 saturated heterocycles. The number of hydrogen-bond acceptors (Lipinski definition) is 5. The summed E-state index contributed by atoms with van der Waals surface area (Å²) in [5, 5.41) is 14.2. The van der Waals surface area contributed by atoms with Gasteiger partial charge in [0.1, 0.15) is 6.54 Å². The molecule has 3 aromatic rings. The van der Waals surface area contributed by atoms with Crippen molar-refractivity contribution >= 4 is 28.3 Å². The summed E-state index contributed by atoms with van der Waals surface area (Å²) in [4.78, 5) is 29.8. The van der Waals surface area contributed by atoms with Crippen LogP contribution in [0, 0.1) is 0 Å². The monoisotopic (exact) mass is 437 g/mol. The van der Waals surface area contributed by atoms with Crippen molar-refractivity contribution in [2.45, 2.75) is 39.3 Å². The lowest BCUT2D eigenvalue weighted by Crippen LogP contribution is -2.29. The standard InChI is InChI=1S/C24H27N3O3S/c1-24(2,3)20-16-31-23(26-20)27(14-17-7-5-4-6-8-17)15-18-9-11-19(12-10-18)22(30)25-13-21(28)29/h4-12,16H,13-15H2,1-3H3,(H,25,30)(H,28,29). The molecule has 0 unspecified atom stereocenters. The van der Waals surface area contributed by atoms with Gasteiger partial charge in [-0.3, -0.25) is 9.59 Å². The molecular weight excluding hydrogens is 410 g/mol. The van der Waals surface area contributed by atoms with Gasteiger partial charge in [-0.2, -0.15) is 0 Å². The molecule has 162 valence electrons. The predicted octanol–water partition coefficient (Wildman–Crippen LogP) is 4.46. The largest absolute Gasteiger partial charge is 0.480 e. The maximum atomic E-state index is 12.0. The second-order valence-corrected chi connectivity index (χ2v) is 9.22. The highest BCUT2D eigenvalue weighted by molar-refractivity contribution is 7.13. The zero-order chi connectivity index (χ0) is 22.4. The number of rotatable bonds is 8. The third-order valence-electron chi connectivity index (χ3n) is 4.74. The molecule has 0 saturated carbocycles. The minimum Gasteiger partial charge on any atom is -0.480 e. The average molecular weight is 438 g/mol. The van der Waals surface area contributed by atoms with E-state index in [0.29, 0.717) is 12.1 Å². The lowest BCUT2D eigenvalue weighted by Gasteiger charge is -2.23. The van der Waals surface area contributed by atoms with Gasteiger partial charge in [0.2, 0.25) is 0 Å². The highest BCUT2D eigenvalue weighted by atomic mass is 32.1. The number of nitrogens with one attached hydrogen (secondary N) is 1. The van der Waals surface area contributed by atoms with Crippen LogP contribution in [0.1, 0.15) is 48.0 Å². The fraction of sp³-hybridized carbons (Fsp3) is 0.292. The molecule has 0 aliphatic carbocycles. The Morgan fingerprint density at radius 3 is 2.16 bits per heavy atom. The number of amides is 1. The fourth-order valence-corrected chi connectivity index (χ4v) is 4.04. The first-order chi connectivity index (χ1) is 14.7. The van der Waals surface area contributed by atoms with Crippen LogP contribution in [0.2, 0.25) is 0 Å². The molecule has 31 heavy (non-hydrogen) atoms. The Labute approximate surface area is 186 Å².